The van der Waals surface area contributed by atoms with Crippen molar-refractivity contribution in [2.24, 2.45) is 11.8 Å². The number of nitrogens with one attached hydrogen (secondary N) is 1. The molecule has 1 rings (SSSR count). The second kappa shape index (κ2) is 6.88. The molecule has 1 unspecified atom stereocenters. The highest BCUT2D eigenvalue weighted by molar-refractivity contribution is 6.04. The number of carboxylic acids is 1. The number of rotatable bonds is 6. The van der Waals surface area contributed by atoms with E-state index in [2.05, 4.69) is 10.3 Å². The number of nitrogens with zero attached hydrogens (tertiary/aromatic N) is 1. The average Bonchev–Trinajstić information content (AvgIpc) is 2.38. The van der Waals surface area contributed by atoms with Crippen molar-refractivity contribution in [1.82, 2.24) is 4.98 Å². The molecule has 110 valence electrons. The second-order valence-corrected chi connectivity index (χ2v) is 4.75. The zero-order valence-corrected chi connectivity index (χ0v) is 12.1. The van der Waals surface area contributed by atoms with E-state index in [0.717, 1.165) is 0 Å². The summed E-state index contributed by atoms with van der Waals surface area (Å²) in [5, 5.41) is 11.7. The summed E-state index contributed by atoms with van der Waals surface area (Å²) >= 11 is 0. The Morgan fingerprint density at radius 3 is 2.50 bits per heavy atom. The molecule has 0 spiro atoms. The van der Waals surface area contributed by atoms with Crippen LogP contribution >= 0.6 is 0 Å². The van der Waals surface area contributed by atoms with Gasteiger partial charge in [-0.15, -0.1) is 0 Å². The lowest BCUT2D eigenvalue weighted by Gasteiger charge is -2.17. The van der Waals surface area contributed by atoms with Gasteiger partial charge in [0.15, 0.2) is 0 Å². The minimum Gasteiger partial charge on any atom is -0.481 e. The van der Waals surface area contributed by atoms with Crippen LogP contribution in [0.1, 0.15) is 26.5 Å². The Bertz CT molecular complexity index is 500. The molecule has 1 aromatic rings. The molecule has 0 saturated carbocycles. The molecular formula is C14H20N2O4. The minimum absolute atomic E-state index is 0.288. The summed E-state index contributed by atoms with van der Waals surface area (Å²) in [5.41, 5.74) is 1.18. The lowest BCUT2D eigenvalue weighted by molar-refractivity contribution is -0.147. The maximum Gasteiger partial charge on any atom is 0.316 e. The summed E-state index contributed by atoms with van der Waals surface area (Å²) in [6.45, 7) is 5.30. The molecule has 1 aromatic heterocycles. The fraction of sp³-hybridized carbons (Fsp3) is 0.500. The van der Waals surface area contributed by atoms with Gasteiger partial charge < -0.3 is 15.2 Å². The van der Waals surface area contributed by atoms with Gasteiger partial charge in [-0.25, -0.2) is 4.98 Å². The number of hydrogen-bond donors (Lipinski definition) is 2. The van der Waals surface area contributed by atoms with Gasteiger partial charge in [0.2, 0.25) is 11.8 Å². The number of pyridine rings is 1. The van der Waals surface area contributed by atoms with Crippen LogP contribution in [0.3, 0.4) is 0 Å². The van der Waals surface area contributed by atoms with Crippen LogP contribution < -0.4 is 10.1 Å². The monoisotopic (exact) mass is 280 g/mol. The summed E-state index contributed by atoms with van der Waals surface area (Å²) in [6, 6.07) is 3.29. The third kappa shape index (κ3) is 3.69. The molecular weight excluding hydrogens is 260 g/mol. The molecule has 0 aromatic carbocycles. The third-order valence-corrected chi connectivity index (χ3v) is 2.97. The van der Waals surface area contributed by atoms with Crippen LogP contribution in [0, 0.1) is 11.8 Å². The van der Waals surface area contributed by atoms with E-state index in [1.807, 2.05) is 6.92 Å². The number of carbonyl (C=O) groups is 2. The lowest BCUT2D eigenvalue weighted by atomic mass is 9.95. The number of carbonyl (C=O) groups excluding carboxylic acids is 1. The number of anilines is 1. The van der Waals surface area contributed by atoms with Crippen molar-refractivity contribution < 1.29 is 19.4 Å². The molecule has 0 aliphatic heterocycles. The second-order valence-electron chi connectivity index (χ2n) is 4.75. The molecule has 0 saturated heterocycles. The van der Waals surface area contributed by atoms with Gasteiger partial charge >= 0.3 is 5.97 Å². The zero-order chi connectivity index (χ0) is 15.3. The van der Waals surface area contributed by atoms with Gasteiger partial charge in [-0.2, -0.15) is 0 Å². The standard InChI is InChI=1S/C14H20N2O4/c1-5-9-10(6-7-11(15-9)20-4)16-13(17)12(8(2)3)14(18)19/h6-8,12H,5H2,1-4H3,(H,16,17)(H,18,19). The number of aryl methyl sites for hydroxylation is 1. The lowest BCUT2D eigenvalue weighted by Crippen LogP contribution is -2.33. The van der Waals surface area contributed by atoms with Crippen molar-refractivity contribution in [1.29, 1.82) is 0 Å². The van der Waals surface area contributed by atoms with Crippen LogP contribution in [0.5, 0.6) is 5.88 Å². The van der Waals surface area contributed by atoms with Crippen molar-refractivity contribution >= 4 is 17.6 Å². The highest BCUT2D eigenvalue weighted by Crippen LogP contribution is 2.21. The fourth-order valence-electron chi connectivity index (χ4n) is 1.89. The number of carboxylic acid groups (broad SMARTS) is 1. The molecule has 1 atom stereocenters. The Kier molecular flexibility index (Phi) is 5.49. The Morgan fingerprint density at radius 2 is 2.05 bits per heavy atom. The summed E-state index contributed by atoms with van der Waals surface area (Å²) < 4.78 is 5.02. The normalized spacial score (nSPS) is 12.1. The van der Waals surface area contributed by atoms with E-state index in [-0.39, 0.29) is 5.92 Å². The molecule has 0 aliphatic rings. The molecule has 0 radical (unpaired) electrons. The first-order valence-electron chi connectivity index (χ1n) is 6.48. The van der Waals surface area contributed by atoms with Crippen LogP contribution in [0.2, 0.25) is 0 Å². The van der Waals surface area contributed by atoms with Crippen LogP contribution in [-0.2, 0) is 16.0 Å². The van der Waals surface area contributed by atoms with Gasteiger partial charge in [-0.1, -0.05) is 20.8 Å². The molecule has 6 heteroatoms. The van der Waals surface area contributed by atoms with Crippen molar-refractivity contribution in [3.63, 3.8) is 0 Å². The number of aromatic nitrogens is 1. The van der Waals surface area contributed by atoms with Crippen molar-refractivity contribution in [3.05, 3.63) is 17.8 Å². The van der Waals surface area contributed by atoms with E-state index in [4.69, 9.17) is 9.84 Å². The smallest absolute Gasteiger partial charge is 0.316 e. The first kappa shape index (κ1) is 15.9. The van der Waals surface area contributed by atoms with E-state index in [1.165, 1.54) is 7.11 Å². The van der Waals surface area contributed by atoms with E-state index in [0.29, 0.717) is 23.7 Å². The summed E-state index contributed by atoms with van der Waals surface area (Å²) in [4.78, 5) is 27.4. The van der Waals surface area contributed by atoms with Crippen LogP contribution in [0.25, 0.3) is 0 Å². The SMILES string of the molecule is CCc1nc(OC)ccc1NC(=O)C(C(=O)O)C(C)C. The van der Waals surface area contributed by atoms with Crippen LogP contribution in [-0.4, -0.2) is 29.1 Å². The predicted molar refractivity (Wildman–Crippen MR) is 74.8 cm³/mol. The molecule has 0 aliphatic carbocycles. The summed E-state index contributed by atoms with van der Waals surface area (Å²) in [7, 11) is 1.51. The predicted octanol–water partition coefficient (Wildman–Crippen LogP) is 1.95. The minimum atomic E-state index is -1.13. The van der Waals surface area contributed by atoms with Crippen LogP contribution in [0.4, 0.5) is 5.69 Å². The molecule has 20 heavy (non-hydrogen) atoms. The van der Waals surface area contributed by atoms with Crippen molar-refractivity contribution in [2.45, 2.75) is 27.2 Å². The first-order valence-corrected chi connectivity index (χ1v) is 6.48. The van der Waals surface area contributed by atoms with Gasteiger partial charge in [0.05, 0.1) is 18.5 Å². The molecule has 2 N–H and O–H groups in total. The molecule has 1 heterocycles. The number of amides is 1. The Morgan fingerprint density at radius 1 is 1.40 bits per heavy atom. The van der Waals surface area contributed by atoms with Crippen molar-refractivity contribution in [3.8, 4) is 5.88 Å². The number of methoxy groups -OCH3 is 1. The zero-order valence-electron chi connectivity index (χ0n) is 12.1. The maximum absolute atomic E-state index is 12.1. The van der Waals surface area contributed by atoms with Gasteiger partial charge in [-0.3, -0.25) is 9.59 Å². The molecule has 0 bridgehead atoms. The van der Waals surface area contributed by atoms with E-state index in [1.54, 1.807) is 26.0 Å². The van der Waals surface area contributed by atoms with E-state index < -0.39 is 17.8 Å². The Balaban J connectivity index is 2.97. The summed E-state index contributed by atoms with van der Waals surface area (Å²) in [5.74, 6) is -2.57. The molecule has 1 amide bonds. The topological polar surface area (TPSA) is 88.5 Å². The van der Waals surface area contributed by atoms with E-state index >= 15 is 0 Å². The van der Waals surface area contributed by atoms with Gasteiger partial charge in [0.25, 0.3) is 0 Å². The molecule has 0 fully saturated rings. The van der Waals surface area contributed by atoms with Gasteiger partial charge in [0, 0.05) is 6.07 Å². The Labute approximate surface area is 118 Å². The highest BCUT2D eigenvalue weighted by Gasteiger charge is 2.30. The number of aliphatic carboxylic acids is 1. The average molecular weight is 280 g/mol. The summed E-state index contributed by atoms with van der Waals surface area (Å²) in [6.07, 6.45) is 0.603. The van der Waals surface area contributed by atoms with Crippen molar-refractivity contribution in [2.75, 3.05) is 12.4 Å². The highest BCUT2D eigenvalue weighted by atomic mass is 16.5. The largest absolute Gasteiger partial charge is 0.481 e. The van der Waals surface area contributed by atoms with Crippen LogP contribution in [0.15, 0.2) is 12.1 Å². The molecule has 6 nitrogen and oxygen atoms in total. The number of hydrogen-bond acceptors (Lipinski definition) is 4. The third-order valence-electron chi connectivity index (χ3n) is 2.97. The number of ether oxygens (including phenoxy) is 1. The van der Waals surface area contributed by atoms with E-state index in [9.17, 15) is 9.59 Å². The first-order chi connectivity index (χ1) is 9.40. The van der Waals surface area contributed by atoms with Gasteiger partial charge in [0.1, 0.15) is 5.92 Å². The maximum atomic E-state index is 12.1. The quantitative estimate of drug-likeness (QED) is 0.777. The van der Waals surface area contributed by atoms with Gasteiger partial charge in [-0.05, 0) is 18.4 Å². The fourth-order valence-corrected chi connectivity index (χ4v) is 1.89. The Hall–Kier alpha value is -2.11.